The van der Waals surface area contributed by atoms with Crippen LogP contribution in [0, 0.1) is 6.92 Å². The molecule has 0 aliphatic heterocycles. The molecule has 8 heteroatoms. The summed E-state index contributed by atoms with van der Waals surface area (Å²) < 4.78 is 5.36. The first-order valence-electron chi connectivity index (χ1n) is 9.13. The zero-order chi connectivity index (χ0) is 18.9. The zero-order valence-corrected chi connectivity index (χ0v) is 16.0. The van der Waals surface area contributed by atoms with E-state index in [1.807, 2.05) is 13.0 Å². The Morgan fingerprint density at radius 1 is 1.15 bits per heavy atom. The number of hydrogen-bond acceptors (Lipinski definition) is 6. The number of amides is 2. The molecule has 0 unspecified atom stereocenters. The average Bonchev–Trinajstić information content (AvgIpc) is 3.22. The molecule has 0 spiro atoms. The second kappa shape index (κ2) is 6.92. The minimum absolute atomic E-state index is 0.130. The molecular formula is C19H22N4O3S. The summed E-state index contributed by atoms with van der Waals surface area (Å²) in [5.41, 5.74) is 0.173. The Hall–Kier alpha value is -2.48. The molecule has 2 aromatic rings. The van der Waals surface area contributed by atoms with E-state index in [9.17, 15) is 9.59 Å². The lowest BCUT2D eigenvalue weighted by Crippen LogP contribution is -2.55. The smallest absolute Gasteiger partial charge is 0.391 e. The van der Waals surface area contributed by atoms with Crippen molar-refractivity contribution in [2.45, 2.75) is 56.5 Å². The Labute approximate surface area is 161 Å². The minimum Gasteiger partial charge on any atom is -0.391 e. The van der Waals surface area contributed by atoms with Crippen LogP contribution in [0.25, 0.3) is 0 Å². The minimum atomic E-state index is -0.489. The van der Waals surface area contributed by atoms with Crippen molar-refractivity contribution in [1.29, 1.82) is 0 Å². The molecule has 2 bridgehead atoms. The van der Waals surface area contributed by atoms with E-state index in [4.69, 9.17) is 4.74 Å². The third kappa shape index (κ3) is 3.80. The molecule has 0 radical (unpaired) electrons. The lowest BCUT2D eigenvalue weighted by Gasteiger charge is -2.40. The van der Waals surface area contributed by atoms with Crippen molar-refractivity contribution < 1.29 is 14.3 Å². The summed E-state index contributed by atoms with van der Waals surface area (Å²) in [6.45, 7) is 1.85. The van der Waals surface area contributed by atoms with E-state index in [0.29, 0.717) is 17.3 Å². The average molecular weight is 386 g/mol. The third-order valence-corrected chi connectivity index (χ3v) is 6.27. The molecule has 2 N–H and O–H groups in total. The number of hydrogen-bond donors (Lipinski definition) is 2. The van der Waals surface area contributed by atoms with Gasteiger partial charge in [-0.05, 0) is 51.5 Å². The van der Waals surface area contributed by atoms with Crippen molar-refractivity contribution in [2.75, 3.05) is 0 Å². The number of carbonyl (C=O) groups excluding carboxylic acids is 2. The first-order valence-corrected chi connectivity index (χ1v) is 10.0. The highest BCUT2D eigenvalue weighted by Crippen LogP contribution is 2.48. The maximum absolute atomic E-state index is 12.5. The van der Waals surface area contributed by atoms with E-state index in [1.54, 1.807) is 23.7 Å². The highest BCUT2D eigenvalue weighted by atomic mass is 32.1. The largest absolute Gasteiger partial charge is 0.414 e. The summed E-state index contributed by atoms with van der Waals surface area (Å²) in [4.78, 5) is 33.2. The van der Waals surface area contributed by atoms with Crippen molar-refractivity contribution in [3.8, 4) is 5.88 Å². The lowest BCUT2D eigenvalue weighted by molar-refractivity contribution is 0.0869. The number of pyridine rings is 1. The molecule has 0 aromatic carbocycles. The molecule has 0 saturated heterocycles. The topological polar surface area (TPSA) is 93.2 Å². The van der Waals surface area contributed by atoms with Crippen LogP contribution in [-0.4, -0.2) is 33.0 Å². The van der Waals surface area contributed by atoms with E-state index in [0.717, 1.165) is 37.8 Å². The molecule has 2 aliphatic carbocycles. The van der Waals surface area contributed by atoms with Gasteiger partial charge in [-0.15, -0.1) is 11.3 Å². The summed E-state index contributed by atoms with van der Waals surface area (Å²) >= 11 is 1.33. The van der Waals surface area contributed by atoms with Gasteiger partial charge in [0, 0.05) is 34.4 Å². The standard InChI is InChI=1S/C19H22N4O3S/c1-13-4-2-5-14(21-13)26-17(25)23-19-7-3-6-18(12-19,8-9-19)22-15(24)16-20-10-11-27-16/h2,4-5,10-11H,3,6-9,12H2,1H3,(H,22,24)(H,23,25)/t18-,19+/m1/s1. The second-order valence-electron chi connectivity index (χ2n) is 7.51. The summed E-state index contributed by atoms with van der Waals surface area (Å²) in [6.07, 6.45) is 6.27. The molecule has 2 aromatic heterocycles. The number of nitrogens with one attached hydrogen (secondary N) is 2. The van der Waals surface area contributed by atoms with Crippen LogP contribution in [0.5, 0.6) is 5.88 Å². The van der Waals surface area contributed by atoms with Crippen molar-refractivity contribution >= 4 is 23.3 Å². The van der Waals surface area contributed by atoms with Crippen molar-refractivity contribution in [2.24, 2.45) is 0 Å². The first kappa shape index (κ1) is 17.9. The van der Waals surface area contributed by atoms with E-state index in [2.05, 4.69) is 20.6 Å². The molecule has 2 heterocycles. The maximum Gasteiger partial charge on any atom is 0.414 e. The number of ether oxygens (including phenoxy) is 1. The monoisotopic (exact) mass is 386 g/mol. The van der Waals surface area contributed by atoms with Crippen LogP contribution in [0.1, 0.15) is 54.0 Å². The summed E-state index contributed by atoms with van der Waals surface area (Å²) in [6, 6.07) is 5.32. The van der Waals surface area contributed by atoms with E-state index >= 15 is 0 Å². The van der Waals surface area contributed by atoms with Crippen LogP contribution >= 0.6 is 11.3 Å². The molecule has 2 amide bonds. The quantitative estimate of drug-likeness (QED) is 0.842. The second-order valence-corrected chi connectivity index (χ2v) is 8.41. The van der Waals surface area contributed by atoms with Gasteiger partial charge in [0.25, 0.3) is 5.91 Å². The van der Waals surface area contributed by atoms with Crippen LogP contribution < -0.4 is 15.4 Å². The number of carbonyl (C=O) groups is 2. The Morgan fingerprint density at radius 2 is 1.93 bits per heavy atom. The zero-order valence-electron chi connectivity index (χ0n) is 15.2. The lowest BCUT2D eigenvalue weighted by atomic mass is 9.78. The Morgan fingerprint density at radius 3 is 2.63 bits per heavy atom. The fourth-order valence-corrected chi connectivity index (χ4v) is 4.91. The van der Waals surface area contributed by atoms with Crippen LogP contribution in [0.3, 0.4) is 0 Å². The molecule has 7 nitrogen and oxygen atoms in total. The number of rotatable bonds is 4. The summed E-state index contributed by atoms with van der Waals surface area (Å²) in [5, 5.41) is 8.52. The Balaban J connectivity index is 1.41. The summed E-state index contributed by atoms with van der Waals surface area (Å²) in [7, 11) is 0. The highest BCUT2D eigenvalue weighted by molar-refractivity contribution is 7.11. The summed E-state index contributed by atoms with van der Waals surface area (Å²) in [5.74, 6) is 0.162. The van der Waals surface area contributed by atoms with Gasteiger partial charge in [0.15, 0.2) is 5.01 Å². The van der Waals surface area contributed by atoms with Gasteiger partial charge < -0.3 is 15.4 Å². The number of aryl methyl sites for hydroxylation is 1. The van der Waals surface area contributed by atoms with Gasteiger partial charge in [-0.3, -0.25) is 4.79 Å². The Kier molecular flexibility index (Phi) is 4.59. The van der Waals surface area contributed by atoms with Crippen LogP contribution in [-0.2, 0) is 0 Å². The fraction of sp³-hybridized carbons (Fsp3) is 0.474. The van der Waals surface area contributed by atoms with Crippen LogP contribution in [0.4, 0.5) is 4.79 Å². The molecule has 2 atom stereocenters. The molecule has 27 heavy (non-hydrogen) atoms. The third-order valence-electron chi connectivity index (χ3n) is 5.50. The highest BCUT2D eigenvalue weighted by Gasteiger charge is 2.52. The molecular weight excluding hydrogens is 364 g/mol. The maximum atomic E-state index is 12.5. The van der Waals surface area contributed by atoms with Gasteiger partial charge in [-0.1, -0.05) is 6.07 Å². The Bertz CT molecular complexity index is 856. The van der Waals surface area contributed by atoms with Crippen LogP contribution in [0.2, 0.25) is 0 Å². The van der Waals surface area contributed by atoms with E-state index in [1.165, 1.54) is 11.3 Å². The van der Waals surface area contributed by atoms with Crippen molar-refractivity contribution in [3.05, 3.63) is 40.5 Å². The van der Waals surface area contributed by atoms with Crippen molar-refractivity contribution in [1.82, 2.24) is 20.6 Å². The molecule has 2 fully saturated rings. The molecule has 142 valence electrons. The number of fused-ring (bicyclic) bond motifs is 2. The van der Waals surface area contributed by atoms with E-state index in [-0.39, 0.29) is 17.0 Å². The predicted molar refractivity (Wildman–Crippen MR) is 101 cm³/mol. The van der Waals surface area contributed by atoms with E-state index < -0.39 is 6.09 Å². The van der Waals surface area contributed by atoms with Crippen LogP contribution in [0.15, 0.2) is 29.8 Å². The van der Waals surface area contributed by atoms with Gasteiger partial charge in [0.2, 0.25) is 5.88 Å². The molecule has 2 saturated carbocycles. The van der Waals surface area contributed by atoms with Gasteiger partial charge in [0.05, 0.1) is 0 Å². The number of nitrogens with zero attached hydrogens (tertiary/aromatic N) is 2. The fourth-order valence-electron chi connectivity index (χ4n) is 4.38. The first-order chi connectivity index (χ1) is 13.0. The number of thiazole rings is 1. The number of aromatic nitrogens is 2. The van der Waals surface area contributed by atoms with Gasteiger partial charge in [-0.2, -0.15) is 0 Å². The SMILES string of the molecule is Cc1cccc(OC(=O)N[C@@]23CCC[C@@](NC(=O)c4nccs4)(CC2)C3)n1. The predicted octanol–water partition coefficient (Wildman–Crippen LogP) is 3.21. The molecule has 4 rings (SSSR count). The van der Waals surface area contributed by atoms with Gasteiger partial charge >= 0.3 is 6.09 Å². The van der Waals surface area contributed by atoms with Crippen molar-refractivity contribution in [3.63, 3.8) is 0 Å². The van der Waals surface area contributed by atoms with Gasteiger partial charge in [-0.25, -0.2) is 14.8 Å². The molecule has 2 aliphatic rings. The van der Waals surface area contributed by atoms with Gasteiger partial charge in [0.1, 0.15) is 0 Å². The normalized spacial score (nSPS) is 26.4.